The fraction of sp³-hybridized carbons (Fsp3) is 0.308. The van der Waals surface area contributed by atoms with Gasteiger partial charge in [0.05, 0.1) is 18.6 Å². The van der Waals surface area contributed by atoms with Crippen molar-refractivity contribution in [3.63, 3.8) is 0 Å². The number of nitrogens with one attached hydrogen (secondary N) is 2. The van der Waals surface area contributed by atoms with Gasteiger partial charge < -0.3 is 25.7 Å². The number of nitrogens with zero attached hydrogens (tertiary/aromatic N) is 5. The largest absolute Gasteiger partial charge is 0.378 e. The highest BCUT2D eigenvalue weighted by Gasteiger charge is 2.23. The smallest absolute Gasteiger partial charge is 0.274 e. The molecule has 5 heterocycles. The van der Waals surface area contributed by atoms with Gasteiger partial charge in [-0.05, 0) is 41.5 Å². The van der Waals surface area contributed by atoms with E-state index in [1.54, 1.807) is 12.5 Å². The number of pyridine rings is 1. The predicted octanol–water partition coefficient (Wildman–Crippen LogP) is 2.25. The molecule has 10 heteroatoms. The first-order valence-corrected chi connectivity index (χ1v) is 12.1. The molecule has 3 aromatic heterocycles. The third kappa shape index (κ3) is 4.66. The van der Waals surface area contributed by atoms with Crippen LogP contribution in [-0.4, -0.2) is 76.2 Å². The summed E-state index contributed by atoms with van der Waals surface area (Å²) in [6.45, 7) is 5.55. The van der Waals surface area contributed by atoms with Crippen LogP contribution in [0.4, 0.5) is 11.5 Å². The number of hydrogen-bond acceptors (Lipinski definition) is 8. The summed E-state index contributed by atoms with van der Waals surface area (Å²) in [4.78, 5) is 33.9. The summed E-state index contributed by atoms with van der Waals surface area (Å²) in [5, 5.41) is 3.93. The van der Waals surface area contributed by atoms with Crippen molar-refractivity contribution in [1.29, 1.82) is 0 Å². The summed E-state index contributed by atoms with van der Waals surface area (Å²) in [6, 6.07) is 13.8. The number of carbonyl (C=O) groups excluding carboxylic acids is 1. The van der Waals surface area contributed by atoms with Crippen molar-refractivity contribution in [2.75, 3.05) is 49.6 Å². The predicted molar refractivity (Wildman–Crippen MR) is 138 cm³/mol. The van der Waals surface area contributed by atoms with Crippen molar-refractivity contribution < 1.29 is 9.53 Å². The van der Waals surface area contributed by atoms with Gasteiger partial charge in [-0.3, -0.25) is 14.7 Å². The third-order valence-electron chi connectivity index (χ3n) is 6.62. The summed E-state index contributed by atoms with van der Waals surface area (Å²) in [6.07, 6.45) is 3.27. The molecule has 0 bridgehead atoms. The van der Waals surface area contributed by atoms with Gasteiger partial charge in [-0.1, -0.05) is 12.1 Å². The lowest BCUT2D eigenvalue weighted by Crippen LogP contribution is -2.54. The molecule has 10 nitrogen and oxygen atoms in total. The maximum absolute atomic E-state index is 12.8. The second-order valence-corrected chi connectivity index (χ2v) is 9.28. The molecule has 0 saturated carbocycles. The fourth-order valence-electron chi connectivity index (χ4n) is 4.73. The molecule has 1 aromatic carbocycles. The van der Waals surface area contributed by atoms with Crippen molar-refractivity contribution in [3.8, 4) is 11.3 Å². The quantitative estimate of drug-likeness (QED) is 0.381. The van der Waals surface area contributed by atoms with Gasteiger partial charge in [-0.2, -0.15) is 0 Å². The Hall–Kier alpha value is -3.86. The number of benzene rings is 1. The first-order valence-electron chi connectivity index (χ1n) is 12.1. The van der Waals surface area contributed by atoms with Gasteiger partial charge >= 0.3 is 0 Å². The van der Waals surface area contributed by atoms with E-state index >= 15 is 0 Å². The van der Waals surface area contributed by atoms with Crippen molar-refractivity contribution in [2.24, 2.45) is 5.73 Å². The Balaban J connectivity index is 1.15. The van der Waals surface area contributed by atoms with E-state index in [0.717, 1.165) is 66.4 Å². The number of aromatic nitrogens is 4. The van der Waals surface area contributed by atoms with Crippen LogP contribution in [0.1, 0.15) is 16.1 Å². The number of aromatic amines is 1. The Kier molecular flexibility index (Phi) is 6.06. The van der Waals surface area contributed by atoms with E-state index < -0.39 is 0 Å². The van der Waals surface area contributed by atoms with E-state index in [1.165, 1.54) is 0 Å². The lowest BCUT2D eigenvalue weighted by molar-refractivity contribution is 0.102. The highest BCUT2D eigenvalue weighted by atomic mass is 16.5. The van der Waals surface area contributed by atoms with Crippen LogP contribution < -0.4 is 16.0 Å². The van der Waals surface area contributed by atoms with Crippen LogP contribution in [0.5, 0.6) is 0 Å². The molecule has 2 fully saturated rings. The van der Waals surface area contributed by atoms with Crippen molar-refractivity contribution >= 4 is 28.4 Å². The van der Waals surface area contributed by atoms with Crippen LogP contribution in [-0.2, 0) is 11.3 Å². The zero-order valence-electron chi connectivity index (χ0n) is 19.9. The molecule has 4 aromatic rings. The summed E-state index contributed by atoms with van der Waals surface area (Å²) >= 11 is 0. The number of carbonyl (C=O) groups is 1. The van der Waals surface area contributed by atoms with Crippen LogP contribution in [0.25, 0.3) is 22.3 Å². The average molecular weight is 485 g/mol. The Labute approximate surface area is 208 Å². The van der Waals surface area contributed by atoms with Crippen LogP contribution in [0, 0.1) is 0 Å². The van der Waals surface area contributed by atoms with Crippen molar-refractivity contribution in [2.45, 2.75) is 12.6 Å². The van der Waals surface area contributed by atoms with Crippen LogP contribution in [0.15, 0.2) is 55.0 Å². The molecule has 0 atom stereocenters. The summed E-state index contributed by atoms with van der Waals surface area (Å²) in [7, 11) is 0. The number of likely N-dealkylation sites (tertiary alicyclic amines) is 1. The first kappa shape index (κ1) is 22.6. The molecule has 6 rings (SSSR count). The SMILES string of the molecule is NC1CN(Cc2ccnc(C(=O)Nc3ccc(-c4cc5c(N6CCOCC6)ncnc5[nH]4)cc3)c2)C1. The maximum Gasteiger partial charge on any atom is 0.274 e. The monoisotopic (exact) mass is 484 g/mol. The zero-order valence-corrected chi connectivity index (χ0v) is 19.9. The normalized spacial score (nSPS) is 16.8. The lowest BCUT2D eigenvalue weighted by atomic mass is 10.1. The van der Waals surface area contributed by atoms with E-state index in [1.807, 2.05) is 36.4 Å². The number of fused-ring (bicyclic) bond motifs is 1. The van der Waals surface area contributed by atoms with Gasteiger partial charge in [-0.15, -0.1) is 0 Å². The number of ether oxygens (including phenoxy) is 1. The second kappa shape index (κ2) is 9.65. The molecule has 36 heavy (non-hydrogen) atoms. The lowest BCUT2D eigenvalue weighted by Gasteiger charge is -2.36. The van der Waals surface area contributed by atoms with Crippen LogP contribution in [0.2, 0.25) is 0 Å². The molecule has 4 N–H and O–H groups in total. The van der Waals surface area contributed by atoms with Crippen molar-refractivity contribution in [1.82, 2.24) is 24.8 Å². The molecule has 2 aliphatic rings. The molecule has 0 unspecified atom stereocenters. The standard InChI is InChI=1S/C26H28N8O2/c27-19-14-33(15-19)13-17-5-6-28-23(11-17)26(35)31-20-3-1-18(2-4-20)22-12-21-24(32-22)29-16-30-25(21)34-7-9-36-10-8-34/h1-6,11-12,16,19H,7-10,13-15,27H2,(H,31,35)(H,29,30,32). The van der Waals surface area contributed by atoms with Gasteiger partial charge in [0.2, 0.25) is 0 Å². The van der Waals surface area contributed by atoms with Crippen molar-refractivity contribution in [3.05, 3.63) is 66.2 Å². The number of hydrogen-bond donors (Lipinski definition) is 3. The second-order valence-electron chi connectivity index (χ2n) is 9.28. The van der Waals surface area contributed by atoms with E-state index in [9.17, 15) is 4.79 Å². The van der Waals surface area contributed by atoms with E-state index in [2.05, 4.69) is 41.1 Å². The summed E-state index contributed by atoms with van der Waals surface area (Å²) < 4.78 is 5.47. The number of H-pyrrole nitrogens is 1. The Morgan fingerprint density at radius 3 is 2.67 bits per heavy atom. The first-order chi connectivity index (χ1) is 17.6. The van der Waals surface area contributed by atoms with E-state index in [4.69, 9.17) is 10.5 Å². The molecule has 2 aliphatic heterocycles. The molecule has 0 aliphatic carbocycles. The number of morpholine rings is 1. The highest BCUT2D eigenvalue weighted by Crippen LogP contribution is 2.29. The minimum Gasteiger partial charge on any atom is -0.378 e. The third-order valence-corrected chi connectivity index (χ3v) is 6.62. The van der Waals surface area contributed by atoms with Gasteiger partial charge in [0.1, 0.15) is 23.5 Å². The Morgan fingerprint density at radius 2 is 1.89 bits per heavy atom. The maximum atomic E-state index is 12.8. The zero-order chi connectivity index (χ0) is 24.5. The summed E-state index contributed by atoms with van der Waals surface area (Å²) in [5.74, 6) is 0.683. The van der Waals surface area contributed by atoms with E-state index in [0.29, 0.717) is 24.6 Å². The fourth-order valence-corrected chi connectivity index (χ4v) is 4.73. The van der Waals surface area contributed by atoms with Gasteiger partial charge in [0.15, 0.2) is 0 Å². The number of nitrogens with two attached hydrogens (primary N) is 1. The minimum atomic E-state index is -0.235. The number of rotatable bonds is 6. The molecule has 0 radical (unpaired) electrons. The Morgan fingerprint density at radius 1 is 1.08 bits per heavy atom. The van der Waals surface area contributed by atoms with Crippen LogP contribution >= 0.6 is 0 Å². The van der Waals surface area contributed by atoms with E-state index in [-0.39, 0.29) is 11.9 Å². The number of anilines is 2. The molecule has 0 spiro atoms. The molecule has 2 saturated heterocycles. The molecule has 184 valence electrons. The topological polar surface area (TPSA) is 125 Å². The molecular formula is C26H28N8O2. The minimum absolute atomic E-state index is 0.235. The summed E-state index contributed by atoms with van der Waals surface area (Å²) in [5.41, 5.74) is 10.7. The average Bonchev–Trinajstić information content (AvgIpc) is 3.33. The van der Waals surface area contributed by atoms with Gasteiger partial charge in [0.25, 0.3) is 5.91 Å². The van der Waals surface area contributed by atoms with Gasteiger partial charge in [0, 0.05) is 56.3 Å². The molecular weight excluding hydrogens is 456 g/mol. The highest BCUT2D eigenvalue weighted by molar-refractivity contribution is 6.03. The number of amides is 1. The Bertz CT molecular complexity index is 1370. The molecule has 1 amide bonds. The van der Waals surface area contributed by atoms with Crippen LogP contribution in [0.3, 0.4) is 0 Å². The van der Waals surface area contributed by atoms with Gasteiger partial charge in [-0.25, -0.2) is 9.97 Å².